The van der Waals surface area contributed by atoms with Crippen LogP contribution in [-0.2, 0) is 0 Å². The van der Waals surface area contributed by atoms with Crippen LogP contribution >= 0.6 is 0 Å². The topological polar surface area (TPSA) is 36.4 Å². The molecule has 1 saturated heterocycles. The highest BCUT2D eigenvalue weighted by molar-refractivity contribution is 5.96. The van der Waals surface area contributed by atoms with Crippen molar-refractivity contribution in [3.8, 4) is 11.1 Å². The predicted molar refractivity (Wildman–Crippen MR) is 105 cm³/mol. The molecular formula is C22H23N3O. The van der Waals surface area contributed by atoms with Crippen molar-refractivity contribution in [2.45, 2.75) is 12.5 Å². The first kappa shape index (κ1) is 16.7. The minimum absolute atomic E-state index is 0.0906. The Kier molecular flexibility index (Phi) is 4.43. The van der Waals surface area contributed by atoms with Gasteiger partial charge in [0.2, 0.25) is 0 Å². The summed E-state index contributed by atoms with van der Waals surface area (Å²) < 4.78 is 0. The minimum Gasteiger partial charge on any atom is -0.337 e. The maximum Gasteiger partial charge on any atom is 0.253 e. The van der Waals surface area contributed by atoms with Crippen molar-refractivity contribution in [1.29, 1.82) is 0 Å². The molecule has 1 aromatic heterocycles. The summed E-state index contributed by atoms with van der Waals surface area (Å²) in [4.78, 5) is 21.5. The number of amides is 1. The third-order valence-electron chi connectivity index (χ3n) is 5.31. The number of likely N-dealkylation sites (N-methyl/N-ethyl adjacent to an activating group) is 2. The fourth-order valence-electron chi connectivity index (χ4n) is 3.73. The number of nitrogens with zero attached hydrogens (tertiary/aromatic N) is 3. The zero-order chi connectivity index (χ0) is 18.1. The Bertz CT molecular complexity index is 930. The molecule has 4 nitrogen and oxygen atoms in total. The molecule has 1 atom stereocenters. The van der Waals surface area contributed by atoms with E-state index in [2.05, 4.69) is 35.1 Å². The molecule has 1 aliphatic heterocycles. The van der Waals surface area contributed by atoms with E-state index in [1.807, 2.05) is 54.5 Å². The van der Waals surface area contributed by atoms with Crippen LogP contribution in [-0.4, -0.2) is 53.9 Å². The molecule has 3 aromatic rings. The molecule has 0 N–H and O–H groups in total. The molecule has 4 rings (SSSR count). The largest absolute Gasteiger partial charge is 0.337 e. The number of benzene rings is 2. The molecule has 1 amide bonds. The van der Waals surface area contributed by atoms with Crippen molar-refractivity contribution in [2.75, 3.05) is 27.2 Å². The Labute approximate surface area is 154 Å². The van der Waals surface area contributed by atoms with E-state index in [-0.39, 0.29) is 5.91 Å². The van der Waals surface area contributed by atoms with Gasteiger partial charge in [0.05, 0.1) is 5.52 Å². The quantitative estimate of drug-likeness (QED) is 0.727. The van der Waals surface area contributed by atoms with Gasteiger partial charge in [-0.25, -0.2) is 0 Å². The van der Waals surface area contributed by atoms with Crippen molar-refractivity contribution in [3.05, 3.63) is 66.4 Å². The third kappa shape index (κ3) is 3.08. The maximum atomic E-state index is 12.8. The number of carbonyl (C=O) groups excluding carboxylic acids is 1. The van der Waals surface area contributed by atoms with Crippen LogP contribution in [0.25, 0.3) is 22.0 Å². The molecule has 0 spiro atoms. The summed E-state index contributed by atoms with van der Waals surface area (Å²) in [6.45, 7) is 2.00. The van der Waals surface area contributed by atoms with Gasteiger partial charge in [0.1, 0.15) is 0 Å². The van der Waals surface area contributed by atoms with Crippen molar-refractivity contribution in [1.82, 2.24) is 14.8 Å². The first-order valence-electron chi connectivity index (χ1n) is 9.03. The zero-order valence-electron chi connectivity index (χ0n) is 15.2. The molecule has 2 heterocycles. The number of fused-ring (bicyclic) bond motifs is 1. The summed E-state index contributed by atoms with van der Waals surface area (Å²) >= 11 is 0. The van der Waals surface area contributed by atoms with Crippen LogP contribution in [0.4, 0.5) is 0 Å². The van der Waals surface area contributed by atoms with E-state index in [4.69, 9.17) is 0 Å². The average Bonchev–Trinajstić information content (AvgIpc) is 3.13. The Balaban J connectivity index is 1.59. The van der Waals surface area contributed by atoms with Gasteiger partial charge in [0.25, 0.3) is 5.91 Å². The molecule has 0 bridgehead atoms. The van der Waals surface area contributed by atoms with Gasteiger partial charge in [0.15, 0.2) is 0 Å². The monoisotopic (exact) mass is 345 g/mol. The van der Waals surface area contributed by atoms with Gasteiger partial charge < -0.3 is 9.80 Å². The normalized spacial score (nSPS) is 17.5. The highest BCUT2D eigenvalue weighted by Crippen LogP contribution is 2.27. The van der Waals surface area contributed by atoms with E-state index in [1.54, 1.807) is 0 Å². The number of hydrogen-bond donors (Lipinski definition) is 0. The number of rotatable bonds is 3. The Morgan fingerprint density at radius 2 is 1.88 bits per heavy atom. The Hall–Kier alpha value is -2.72. The molecule has 4 heteroatoms. The number of carbonyl (C=O) groups is 1. The number of aromatic nitrogens is 1. The Morgan fingerprint density at radius 3 is 2.62 bits per heavy atom. The van der Waals surface area contributed by atoms with Crippen LogP contribution in [0, 0.1) is 0 Å². The lowest BCUT2D eigenvalue weighted by atomic mass is 10.0. The number of hydrogen-bond acceptors (Lipinski definition) is 3. The van der Waals surface area contributed by atoms with Gasteiger partial charge in [-0.3, -0.25) is 9.78 Å². The summed E-state index contributed by atoms with van der Waals surface area (Å²) in [6, 6.07) is 18.4. The Morgan fingerprint density at radius 1 is 1.12 bits per heavy atom. The second-order valence-electron chi connectivity index (χ2n) is 7.08. The van der Waals surface area contributed by atoms with E-state index in [1.165, 1.54) is 0 Å². The summed E-state index contributed by atoms with van der Waals surface area (Å²) in [6.07, 6.45) is 2.86. The predicted octanol–water partition coefficient (Wildman–Crippen LogP) is 3.68. The number of likely N-dealkylation sites (tertiary alicyclic amines) is 1. The molecule has 0 radical (unpaired) electrons. The number of pyridine rings is 1. The highest BCUT2D eigenvalue weighted by atomic mass is 16.2. The van der Waals surface area contributed by atoms with Crippen LogP contribution in [0.2, 0.25) is 0 Å². The molecule has 1 aliphatic rings. The van der Waals surface area contributed by atoms with Crippen LogP contribution < -0.4 is 0 Å². The fraction of sp³-hybridized carbons (Fsp3) is 0.273. The van der Waals surface area contributed by atoms with Crippen LogP contribution in [0.3, 0.4) is 0 Å². The van der Waals surface area contributed by atoms with Crippen LogP contribution in [0.1, 0.15) is 16.8 Å². The standard InChI is InChI=1S/C22H23N3O/c1-24-14-12-19(15-24)25(2)22(26)18-10-8-16(9-11-18)20-7-3-5-17-6-4-13-23-21(17)20/h3-11,13,19H,12,14-15H2,1-2H3/t19-/m0/s1. The molecule has 2 aromatic carbocycles. The van der Waals surface area contributed by atoms with Gasteiger partial charge >= 0.3 is 0 Å². The molecular weight excluding hydrogens is 322 g/mol. The average molecular weight is 345 g/mol. The number of para-hydroxylation sites is 1. The molecule has 132 valence electrons. The lowest BCUT2D eigenvalue weighted by Crippen LogP contribution is -2.38. The first-order valence-corrected chi connectivity index (χ1v) is 9.03. The zero-order valence-corrected chi connectivity index (χ0v) is 15.2. The summed E-state index contributed by atoms with van der Waals surface area (Å²) in [5, 5.41) is 1.12. The molecule has 1 fully saturated rings. The van der Waals surface area contributed by atoms with E-state index in [9.17, 15) is 4.79 Å². The van der Waals surface area contributed by atoms with Gasteiger partial charge in [-0.05, 0) is 43.8 Å². The van der Waals surface area contributed by atoms with Gasteiger partial charge in [-0.2, -0.15) is 0 Å². The van der Waals surface area contributed by atoms with Crippen LogP contribution in [0.5, 0.6) is 0 Å². The SMILES string of the molecule is CN1CC[C@H](N(C)C(=O)c2ccc(-c3cccc4cccnc34)cc2)C1. The van der Waals surface area contributed by atoms with E-state index in [0.29, 0.717) is 6.04 Å². The smallest absolute Gasteiger partial charge is 0.253 e. The minimum atomic E-state index is 0.0906. The maximum absolute atomic E-state index is 12.8. The second-order valence-corrected chi connectivity index (χ2v) is 7.08. The summed E-state index contributed by atoms with van der Waals surface area (Å²) in [5.41, 5.74) is 3.89. The van der Waals surface area contributed by atoms with Crippen molar-refractivity contribution >= 4 is 16.8 Å². The second kappa shape index (κ2) is 6.89. The van der Waals surface area contributed by atoms with E-state index in [0.717, 1.165) is 47.1 Å². The van der Waals surface area contributed by atoms with E-state index < -0.39 is 0 Å². The first-order chi connectivity index (χ1) is 12.6. The fourth-order valence-corrected chi connectivity index (χ4v) is 3.73. The highest BCUT2D eigenvalue weighted by Gasteiger charge is 2.26. The lowest BCUT2D eigenvalue weighted by Gasteiger charge is -2.24. The third-order valence-corrected chi connectivity index (χ3v) is 5.31. The molecule has 0 saturated carbocycles. The van der Waals surface area contributed by atoms with Crippen molar-refractivity contribution in [3.63, 3.8) is 0 Å². The van der Waals surface area contributed by atoms with Gasteiger partial charge in [-0.1, -0.05) is 36.4 Å². The summed E-state index contributed by atoms with van der Waals surface area (Å²) in [5.74, 6) is 0.0906. The van der Waals surface area contributed by atoms with Gasteiger partial charge in [0, 0.05) is 42.3 Å². The van der Waals surface area contributed by atoms with Crippen molar-refractivity contribution in [2.24, 2.45) is 0 Å². The van der Waals surface area contributed by atoms with Gasteiger partial charge in [-0.15, -0.1) is 0 Å². The summed E-state index contributed by atoms with van der Waals surface area (Å²) in [7, 11) is 4.01. The molecule has 0 aliphatic carbocycles. The molecule has 0 unspecified atom stereocenters. The van der Waals surface area contributed by atoms with Crippen LogP contribution in [0.15, 0.2) is 60.8 Å². The lowest BCUT2D eigenvalue weighted by molar-refractivity contribution is 0.0737. The van der Waals surface area contributed by atoms with E-state index >= 15 is 0 Å². The van der Waals surface area contributed by atoms with Crippen molar-refractivity contribution < 1.29 is 4.79 Å². The molecule has 26 heavy (non-hydrogen) atoms.